The van der Waals surface area contributed by atoms with Crippen LogP contribution in [0, 0.1) is 5.92 Å². The van der Waals surface area contributed by atoms with Crippen molar-refractivity contribution in [1.82, 2.24) is 5.32 Å². The third-order valence-corrected chi connectivity index (χ3v) is 2.99. The average Bonchev–Trinajstić information content (AvgIpc) is 2.16. The van der Waals surface area contributed by atoms with Crippen molar-refractivity contribution in [3.63, 3.8) is 0 Å². The van der Waals surface area contributed by atoms with E-state index < -0.39 is 0 Å². The molecule has 0 heterocycles. The van der Waals surface area contributed by atoms with E-state index in [9.17, 15) is 0 Å². The number of hydrogen-bond acceptors (Lipinski definition) is 2. The highest BCUT2D eigenvalue weighted by Gasteiger charge is 2.28. The minimum absolute atomic E-state index is 0. The van der Waals surface area contributed by atoms with Crippen LogP contribution in [0.4, 0.5) is 0 Å². The van der Waals surface area contributed by atoms with Crippen molar-refractivity contribution in [2.45, 2.75) is 94.2 Å². The fourth-order valence-corrected chi connectivity index (χ4v) is 1.10. The first-order valence-electron chi connectivity index (χ1n) is 7.47. The molecule has 0 aromatic carbocycles. The SMILES string of the molecule is C.C=C(C)C.CCC(C)(C)NC(C)(C)C(C)C.CCN. The monoisotopic (exact) mass is 288 g/mol. The minimum atomic E-state index is 0. The molecule has 0 aliphatic heterocycles. The summed E-state index contributed by atoms with van der Waals surface area (Å²) < 4.78 is 0. The van der Waals surface area contributed by atoms with Gasteiger partial charge in [0.2, 0.25) is 0 Å². The predicted molar refractivity (Wildman–Crippen MR) is 98.4 cm³/mol. The summed E-state index contributed by atoms with van der Waals surface area (Å²) in [5, 5.41) is 3.68. The Morgan fingerprint density at radius 2 is 1.35 bits per heavy atom. The first kappa shape index (κ1) is 27.9. The molecule has 0 spiro atoms. The molecule has 2 nitrogen and oxygen atoms in total. The van der Waals surface area contributed by atoms with Crippen molar-refractivity contribution in [1.29, 1.82) is 0 Å². The number of nitrogens with two attached hydrogens (primary N) is 1. The molecule has 0 aliphatic rings. The van der Waals surface area contributed by atoms with Crippen LogP contribution < -0.4 is 11.1 Å². The topological polar surface area (TPSA) is 38.0 Å². The molecule has 0 saturated heterocycles. The van der Waals surface area contributed by atoms with Crippen molar-refractivity contribution >= 4 is 0 Å². The molecule has 2 heteroatoms. The number of hydrogen-bond donors (Lipinski definition) is 2. The fourth-order valence-electron chi connectivity index (χ4n) is 1.10. The summed E-state index contributed by atoms with van der Waals surface area (Å²) in [5.41, 5.74) is 6.51. The average molecular weight is 289 g/mol. The van der Waals surface area contributed by atoms with Gasteiger partial charge >= 0.3 is 0 Å². The van der Waals surface area contributed by atoms with Crippen LogP contribution in [-0.2, 0) is 0 Å². The van der Waals surface area contributed by atoms with E-state index in [1.54, 1.807) is 0 Å². The number of allylic oxidation sites excluding steroid dienone is 1. The zero-order valence-corrected chi connectivity index (χ0v) is 15.3. The van der Waals surface area contributed by atoms with Crippen molar-refractivity contribution in [3.8, 4) is 0 Å². The smallest absolute Gasteiger partial charge is 0.0153 e. The van der Waals surface area contributed by atoms with Crippen LogP contribution in [-0.4, -0.2) is 17.6 Å². The van der Waals surface area contributed by atoms with E-state index in [2.05, 4.69) is 60.4 Å². The zero-order chi connectivity index (χ0) is 16.3. The van der Waals surface area contributed by atoms with Crippen LogP contribution in [0.5, 0.6) is 0 Å². The molecule has 0 bridgehead atoms. The van der Waals surface area contributed by atoms with Crippen molar-refractivity contribution in [2.75, 3.05) is 6.54 Å². The second-order valence-electron chi connectivity index (χ2n) is 6.85. The van der Waals surface area contributed by atoms with Crippen LogP contribution in [0.3, 0.4) is 0 Å². The second kappa shape index (κ2) is 13.6. The van der Waals surface area contributed by atoms with Crippen LogP contribution in [0.15, 0.2) is 12.2 Å². The van der Waals surface area contributed by atoms with Gasteiger partial charge in [-0.1, -0.05) is 40.7 Å². The maximum atomic E-state index is 4.85. The molecule has 0 unspecified atom stereocenters. The predicted octanol–water partition coefficient (Wildman–Crippen LogP) is 5.38. The van der Waals surface area contributed by atoms with E-state index in [-0.39, 0.29) is 18.5 Å². The highest BCUT2D eigenvalue weighted by Crippen LogP contribution is 2.20. The third kappa shape index (κ3) is 22.8. The zero-order valence-electron chi connectivity index (χ0n) is 15.3. The largest absolute Gasteiger partial charge is 0.331 e. The first-order valence-corrected chi connectivity index (χ1v) is 7.47. The van der Waals surface area contributed by atoms with Gasteiger partial charge in [-0.2, -0.15) is 0 Å². The molecule has 0 saturated carbocycles. The van der Waals surface area contributed by atoms with E-state index >= 15 is 0 Å². The standard InChI is InChI=1S/C11H25N.C4H8.C2H7N.CH4/c1-8-10(4,5)12-11(6,7)9(2)3;1-4(2)3;1-2-3;/h9,12H,8H2,1-7H3;1H2,2-3H3;2-3H2,1H3;1H4. The maximum absolute atomic E-state index is 4.85. The molecule has 0 amide bonds. The second-order valence-corrected chi connectivity index (χ2v) is 6.85. The summed E-state index contributed by atoms with van der Waals surface area (Å²) in [6.45, 7) is 26.0. The fraction of sp³-hybridized carbons (Fsp3) is 0.889. The summed E-state index contributed by atoms with van der Waals surface area (Å²) in [7, 11) is 0. The van der Waals surface area contributed by atoms with Gasteiger partial charge in [0.05, 0.1) is 0 Å². The Bertz CT molecular complexity index is 211. The normalized spacial score (nSPS) is 10.6. The molecular weight excluding hydrogens is 244 g/mol. The highest BCUT2D eigenvalue weighted by molar-refractivity contribution is 4.89. The summed E-state index contributed by atoms with van der Waals surface area (Å²) in [6.07, 6.45) is 1.17. The van der Waals surface area contributed by atoms with Crippen molar-refractivity contribution in [2.24, 2.45) is 11.7 Å². The quantitative estimate of drug-likeness (QED) is 0.681. The number of nitrogens with one attached hydrogen (secondary N) is 1. The van der Waals surface area contributed by atoms with E-state index in [1.165, 1.54) is 12.0 Å². The van der Waals surface area contributed by atoms with Crippen LogP contribution in [0.2, 0.25) is 0 Å². The van der Waals surface area contributed by atoms with Gasteiger partial charge < -0.3 is 11.1 Å². The minimum Gasteiger partial charge on any atom is -0.331 e. The lowest BCUT2D eigenvalue weighted by Gasteiger charge is -2.39. The third-order valence-electron chi connectivity index (χ3n) is 2.99. The maximum Gasteiger partial charge on any atom is 0.0153 e. The molecule has 3 N–H and O–H groups in total. The van der Waals surface area contributed by atoms with Gasteiger partial charge in [0.15, 0.2) is 0 Å². The lowest BCUT2D eigenvalue weighted by atomic mass is 9.86. The number of rotatable bonds is 4. The van der Waals surface area contributed by atoms with Crippen molar-refractivity contribution < 1.29 is 0 Å². The first-order chi connectivity index (χ1) is 8.36. The Kier molecular flexibility index (Phi) is 19.0. The van der Waals surface area contributed by atoms with Gasteiger partial charge in [0.25, 0.3) is 0 Å². The van der Waals surface area contributed by atoms with E-state index in [4.69, 9.17) is 5.73 Å². The molecule has 0 aromatic rings. The van der Waals surface area contributed by atoms with Gasteiger partial charge in [0, 0.05) is 11.1 Å². The van der Waals surface area contributed by atoms with Crippen LogP contribution in [0.25, 0.3) is 0 Å². The van der Waals surface area contributed by atoms with Crippen LogP contribution in [0.1, 0.15) is 83.1 Å². The van der Waals surface area contributed by atoms with Crippen molar-refractivity contribution in [3.05, 3.63) is 12.2 Å². The summed E-state index contributed by atoms with van der Waals surface area (Å²) in [5.74, 6) is 0.670. The molecule has 0 atom stereocenters. The molecule has 0 aromatic heterocycles. The van der Waals surface area contributed by atoms with Gasteiger partial charge in [0.1, 0.15) is 0 Å². The van der Waals surface area contributed by atoms with Gasteiger partial charge in [-0.3, -0.25) is 0 Å². The lowest BCUT2D eigenvalue weighted by Crippen LogP contribution is -2.54. The van der Waals surface area contributed by atoms with E-state index in [0.29, 0.717) is 5.92 Å². The molecule has 0 rings (SSSR count). The Balaban J connectivity index is -0.000000134. The van der Waals surface area contributed by atoms with Gasteiger partial charge in [-0.25, -0.2) is 0 Å². The van der Waals surface area contributed by atoms with Crippen LogP contribution >= 0.6 is 0 Å². The Morgan fingerprint density at radius 3 is 1.50 bits per heavy atom. The lowest BCUT2D eigenvalue weighted by molar-refractivity contribution is 0.204. The van der Waals surface area contributed by atoms with E-state index in [0.717, 1.165) is 6.54 Å². The summed E-state index contributed by atoms with van der Waals surface area (Å²) in [6, 6.07) is 0. The van der Waals surface area contributed by atoms with Gasteiger partial charge in [-0.15, -0.1) is 6.58 Å². The molecular formula is C18H44N2. The molecule has 126 valence electrons. The Hall–Kier alpha value is -0.340. The summed E-state index contributed by atoms with van der Waals surface area (Å²) in [4.78, 5) is 0. The van der Waals surface area contributed by atoms with E-state index in [1.807, 2.05) is 20.8 Å². The Labute approximate surface area is 130 Å². The molecule has 0 radical (unpaired) electrons. The summed E-state index contributed by atoms with van der Waals surface area (Å²) >= 11 is 0. The highest BCUT2D eigenvalue weighted by atomic mass is 15.0. The molecule has 0 aliphatic carbocycles. The van der Waals surface area contributed by atoms with Gasteiger partial charge in [-0.05, 0) is 60.4 Å². The Morgan fingerprint density at radius 1 is 1.10 bits per heavy atom. The molecule has 0 fully saturated rings. The molecule has 20 heavy (non-hydrogen) atoms.